The molecule has 34 heavy (non-hydrogen) atoms. The summed E-state index contributed by atoms with van der Waals surface area (Å²) in [5.41, 5.74) is 5.98. The van der Waals surface area contributed by atoms with Gasteiger partial charge in [0, 0.05) is 24.7 Å². The summed E-state index contributed by atoms with van der Waals surface area (Å²) >= 11 is 6.20. The Hall–Kier alpha value is -1.51. The Kier molecular flexibility index (Phi) is 8.80. The van der Waals surface area contributed by atoms with Crippen LogP contribution in [-0.4, -0.2) is 47.2 Å². The molecule has 0 spiro atoms. The zero-order chi connectivity index (χ0) is 23.8. The molecule has 0 aromatic heterocycles. The number of unbranched alkanes of at least 4 members (excludes halogenated alkanes) is 1. The molecular weight excluding hydrogens is 495 g/mol. The predicted octanol–water partition coefficient (Wildman–Crippen LogP) is 5.00. The lowest BCUT2D eigenvalue weighted by Crippen LogP contribution is -2.35. The summed E-state index contributed by atoms with van der Waals surface area (Å²) in [4.78, 5) is 2.70. The molecular formula is C25H34Cl2N2O4S. The van der Waals surface area contributed by atoms with Gasteiger partial charge in [0.2, 0.25) is 10.0 Å². The maximum Gasteiger partial charge on any atom is 0.242 e. The minimum absolute atomic E-state index is 0. The normalized spacial score (nSPS) is 17.3. The molecule has 0 amide bonds. The summed E-state index contributed by atoms with van der Waals surface area (Å²) in [5.74, 6) is 1.71. The second kappa shape index (κ2) is 11.0. The Morgan fingerprint density at radius 3 is 2.53 bits per heavy atom. The molecule has 0 bridgehead atoms. The van der Waals surface area contributed by atoms with Crippen LogP contribution < -0.4 is 14.2 Å². The quantitative estimate of drug-likeness (QED) is 0.463. The highest BCUT2D eigenvalue weighted by Gasteiger charge is 2.36. The lowest BCUT2D eigenvalue weighted by atomic mass is 9.92. The van der Waals surface area contributed by atoms with E-state index in [1.807, 2.05) is 13.8 Å². The van der Waals surface area contributed by atoms with Crippen LogP contribution in [0.5, 0.6) is 11.5 Å². The molecule has 1 unspecified atom stereocenters. The van der Waals surface area contributed by atoms with Gasteiger partial charge in [0.1, 0.15) is 4.90 Å². The van der Waals surface area contributed by atoms with Gasteiger partial charge >= 0.3 is 0 Å². The first-order valence-electron chi connectivity index (χ1n) is 11.5. The SMILES string of the molecule is COc1cc2c3c(c1OC)CCC3N(CCCCNS(=O)(=O)c1cc(C)c(C)cc1Cl)CC2.Cl. The zero-order valence-corrected chi connectivity index (χ0v) is 22.6. The van der Waals surface area contributed by atoms with Gasteiger partial charge in [0.15, 0.2) is 11.5 Å². The van der Waals surface area contributed by atoms with Crippen molar-refractivity contribution in [3.8, 4) is 11.5 Å². The van der Waals surface area contributed by atoms with Gasteiger partial charge in [0.25, 0.3) is 0 Å². The van der Waals surface area contributed by atoms with Gasteiger partial charge in [-0.25, -0.2) is 13.1 Å². The van der Waals surface area contributed by atoms with Gasteiger partial charge in [-0.15, -0.1) is 12.4 Å². The van der Waals surface area contributed by atoms with E-state index < -0.39 is 10.0 Å². The molecule has 1 N–H and O–H groups in total. The number of methoxy groups -OCH3 is 2. The third kappa shape index (κ3) is 5.19. The number of halogens is 2. The Labute approximate surface area is 214 Å². The van der Waals surface area contributed by atoms with Gasteiger partial charge in [-0.1, -0.05) is 11.6 Å². The molecule has 1 heterocycles. The number of benzene rings is 2. The standard InChI is InChI=1S/C25H33ClN2O4S.ClH/c1-16-13-20(26)23(14-17(16)2)33(29,30)27-10-5-6-11-28-12-9-18-15-22(31-3)25(32-4)19-7-8-21(28)24(18)19;/h13-15,21,27H,5-12H2,1-4H3;1H. The molecule has 0 fully saturated rings. The number of sulfonamides is 1. The minimum Gasteiger partial charge on any atom is -0.493 e. The molecule has 2 aliphatic rings. The van der Waals surface area contributed by atoms with Gasteiger partial charge in [-0.2, -0.15) is 0 Å². The Morgan fingerprint density at radius 1 is 1.09 bits per heavy atom. The van der Waals surface area contributed by atoms with Crippen LogP contribution >= 0.6 is 24.0 Å². The summed E-state index contributed by atoms with van der Waals surface area (Å²) < 4.78 is 39.4. The largest absolute Gasteiger partial charge is 0.493 e. The van der Waals surface area contributed by atoms with Gasteiger partial charge in [-0.3, -0.25) is 4.90 Å². The first kappa shape index (κ1) is 27.1. The number of hydrogen-bond acceptors (Lipinski definition) is 5. The van der Waals surface area contributed by atoms with E-state index >= 15 is 0 Å². The Bertz CT molecular complexity index is 1150. The first-order valence-corrected chi connectivity index (χ1v) is 13.4. The van der Waals surface area contributed by atoms with E-state index in [9.17, 15) is 8.42 Å². The second-order valence-electron chi connectivity index (χ2n) is 8.98. The minimum atomic E-state index is -3.62. The molecule has 4 rings (SSSR count). The summed E-state index contributed by atoms with van der Waals surface area (Å²) in [5, 5.41) is 0.265. The molecule has 0 saturated heterocycles. The number of ether oxygens (including phenoxy) is 2. The third-order valence-corrected chi connectivity index (χ3v) is 8.94. The number of rotatable bonds is 9. The number of nitrogens with zero attached hydrogens (tertiary/aromatic N) is 1. The van der Waals surface area contributed by atoms with Crippen molar-refractivity contribution in [2.75, 3.05) is 33.9 Å². The van der Waals surface area contributed by atoms with E-state index in [0.29, 0.717) is 12.6 Å². The van der Waals surface area contributed by atoms with Crippen LogP contribution in [-0.2, 0) is 22.9 Å². The smallest absolute Gasteiger partial charge is 0.242 e. The second-order valence-corrected chi connectivity index (χ2v) is 11.1. The van der Waals surface area contributed by atoms with Crippen LogP contribution in [0.2, 0.25) is 5.02 Å². The summed E-state index contributed by atoms with van der Waals surface area (Å²) in [6.07, 6.45) is 4.79. The van der Waals surface area contributed by atoms with E-state index in [4.69, 9.17) is 21.1 Å². The molecule has 9 heteroatoms. The van der Waals surface area contributed by atoms with E-state index in [2.05, 4.69) is 15.7 Å². The van der Waals surface area contributed by atoms with E-state index in [0.717, 1.165) is 67.8 Å². The van der Waals surface area contributed by atoms with Gasteiger partial charge < -0.3 is 9.47 Å². The molecule has 1 aliphatic carbocycles. The number of nitrogens with one attached hydrogen (secondary N) is 1. The van der Waals surface area contributed by atoms with Crippen LogP contribution in [0, 0.1) is 13.8 Å². The topological polar surface area (TPSA) is 67.9 Å². The van der Waals surface area contributed by atoms with Crippen molar-refractivity contribution in [3.05, 3.63) is 51.0 Å². The molecule has 2 aromatic carbocycles. The Balaban J connectivity index is 0.00000324. The third-order valence-electron chi connectivity index (χ3n) is 7.01. The van der Waals surface area contributed by atoms with Crippen molar-refractivity contribution in [3.63, 3.8) is 0 Å². The van der Waals surface area contributed by atoms with Gasteiger partial charge in [-0.05, 0) is 92.9 Å². The predicted molar refractivity (Wildman–Crippen MR) is 138 cm³/mol. The molecule has 0 saturated carbocycles. The van der Waals surface area contributed by atoms with Crippen molar-refractivity contribution < 1.29 is 17.9 Å². The van der Waals surface area contributed by atoms with E-state index in [-0.39, 0.29) is 22.3 Å². The zero-order valence-electron chi connectivity index (χ0n) is 20.2. The van der Waals surface area contributed by atoms with Crippen LogP contribution in [0.1, 0.15) is 53.1 Å². The average Bonchev–Trinajstić information content (AvgIpc) is 3.23. The molecule has 6 nitrogen and oxygen atoms in total. The number of aryl methyl sites for hydroxylation is 2. The van der Waals surface area contributed by atoms with Crippen molar-refractivity contribution >= 4 is 34.0 Å². The molecule has 1 atom stereocenters. The summed E-state index contributed by atoms with van der Waals surface area (Å²) in [6.45, 7) is 6.17. The molecule has 0 radical (unpaired) electrons. The maximum absolute atomic E-state index is 12.7. The highest BCUT2D eigenvalue weighted by atomic mass is 35.5. The average molecular weight is 530 g/mol. The fourth-order valence-electron chi connectivity index (χ4n) is 5.17. The van der Waals surface area contributed by atoms with Crippen LogP contribution in [0.15, 0.2) is 23.1 Å². The van der Waals surface area contributed by atoms with Crippen molar-refractivity contribution in [2.24, 2.45) is 0 Å². The van der Waals surface area contributed by atoms with Crippen LogP contribution in [0.25, 0.3) is 0 Å². The fourth-order valence-corrected chi connectivity index (χ4v) is 6.91. The van der Waals surface area contributed by atoms with Crippen molar-refractivity contribution in [2.45, 2.75) is 56.9 Å². The summed E-state index contributed by atoms with van der Waals surface area (Å²) in [7, 11) is -0.214. The lowest BCUT2D eigenvalue weighted by molar-refractivity contribution is 0.182. The van der Waals surface area contributed by atoms with E-state index in [1.54, 1.807) is 26.4 Å². The highest BCUT2D eigenvalue weighted by Crippen LogP contribution is 2.48. The highest BCUT2D eigenvalue weighted by molar-refractivity contribution is 7.89. The monoisotopic (exact) mass is 528 g/mol. The van der Waals surface area contributed by atoms with E-state index in [1.165, 1.54) is 16.7 Å². The lowest BCUT2D eigenvalue weighted by Gasteiger charge is -2.35. The maximum atomic E-state index is 12.7. The fraction of sp³-hybridized carbons (Fsp3) is 0.520. The van der Waals surface area contributed by atoms with Crippen molar-refractivity contribution in [1.82, 2.24) is 9.62 Å². The van der Waals surface area contributed by atoms with Crippen LogP contribution in [0.4, 0.5) is 0 Å². The van der Waals surface area contributed by atoms with Crippen molar-refractivity contribution in [1.29, 1.82) is 0 Å². The van der Waals surface area contributed by atoms with Gasteiger partial charge in [0.05, 0.1) is 19.2 Å². The molecule has 2 aromatic rings. The molecule has 188 valence electrons. The van der Waals surface area contributed by atoms with Crippen LogP contribution in [0.3, 0.4) is 0 Å². The Morgan fingerprint density at radius 2 is 1.82 bits per heavy atom. The molecule has 1 aliphatic heterocycles. The number of hydrogen-bond donors (Lipinski definition) is 1. The summed E-state index contributed by atoms with van der Waals surface area (Å²) in [6, 6.07) is 5.90. The first-order chi connectivity index (χ1) is 15.8.